The molecule has 1 saturated heterocycles. The summed E-state index contributed by atoms with van der Waals surface area (Å²) < 4.78 is 0. The van der Waals surface area contributed by atoms with E-state index in [1.807, 2.05) is 36.2 Å². The van der Waals surface area contributed by atoms with E-state index in [1.165, 1.54) is 11.3 Å². The lowest BCUT2D eigenvalue weighted by atomic mass is 10.1. The summed E-state index contributed by atoms with van der Waals surface area (Å²) in [5.74, 6) is 1.01. The van der Waals surface area contributed by atoms with Gasteiger partial charge in [-0.25, -0.2) is 4.98 Å². The van der Waals surface area contributed by atoms with E-state index in [0.29, 0.717) is 4.88 Å². The highest BCUT2D eigenvalue weighted by Crippen LogP contribution is 2.34. The zero-order valence-electron chi connectivity index (χ0n) is 12.2. The van der Waals surface area contributed by atoms with Gasteiger partial charge in [0, 0.05) is 26.8 Å². The molecular weight excluding hydrogens is 284 g/mol. The van der Waals surface area contributed by atoms with Gasteiger partial charge in [0.1, 0.15) is 10.7 Å². The topological polar surface area (TPSA) is 49.3 Å². The molecule has 2 aromatic heterocycles. The molecule has 1 amide bonds. The third-order valence-corrected chi connectivity index (χ3v) is 4.53. The lowest BCUT2D eigenvalue weighted by Crippen LogP contribution is -2.30. The maximum Gasteiger partial charge on any atom is 0.266 e. The molecule has 1 aliphatic rings. The van der Waals surface area contributed by atoms with Crippen molar-refractivity contribution >= 4 is 23.1 Å². The van der Waals surface area contributed by atoms with Crippen molar-refractivity contribution in [1.29, 1.82) is 0 Å². The summed E-state index contributed by atoms with van der Waals surface area (Å²) in [7, 11) is 3.95. The van der Waals surface area contributed by atoms with Crippen molar-refractivity contribution < 1.29 is 4.79 Å². The summed E-state index contributed by atoms with van der Waals surface area (Å²) in [4.78, 5) is 25.6. The van der Waals surface area contributed by atoms with E-state index in [-0.39, 0.29) is 11.9 Å². The number of hydrogen-bond acceptors (Lipinski definition) is 5. The molecule has 0 bridgehead atoms. The van der Waals surface area contributed by atoms with Crippen LogP contribution in [0.2, 0.25) is 0 Å². The van der Waals surface area contributed by atoms with Crippen LogP contribution in [0, 0.1) is 0 Å². The molecule has 0 saturated carbocycles. The summed E-state index contributed by atoms with van der Waals surface area (Å²) in [5, 5.41) is 0. The fraction of sp³-hybridized carbons (Fsp3) is 0.400. The number of carbonyl (C=O) groups is 1. The largest absolute Gasteiger partial charge is 0.363 e. The highest BCUT2D eigenvalue weighted by molar-refractivity contribution is 7.11. The third-order valence-electron chi connectivity index (χ3n) is 3.77. The molecule has 110 valence electrons. The number of likely N-dealkylation sites (tertiary alicyclic amines) is 1. The number of pyridine rings is 1. The fourth-order valence-electron chi connectivity index (χ4n) is 2.71. The van der Waals surface area contributed by atoms with Crippen molar-refractivity contribution in [2.45, 2.75) is 18.9 Å². The summed E-state index contributed by atoms with van der Waals surface area (Å²) in [6, 6.07) is 4.22. The third kappa shape index (κ3) is 2.76. The number of thiazole rings is 1. The van der Waals surface area contributed by atoms with E-state index >= 15 is 0 Å². The van der Waals surface area contributed by atoms with E-state index in [9.17, 15) is 4.79 Å². The molecule has 1 atom stereocenters. The predicted octanol–water partition coefficient (Wildman–Crippen LogP) is 2.58. The Kier molecular flexibility index (Phi) is 3.88. The van der Waals surface area contributed by atoms with Crippen molar-refractivity contribution in [3.8, 4) is 0 Å². The Hall–Kier alpha value is -1.95. The van der Waals surface area contributed by atoms with Crippen LogP contribution in [0.1, 0.15) is 34.1 Å². The average Bonchev–Trinajstić information content (AvgIpc) is 3.18. The minimum absolute atomic E-state index is 0.0863. The predicted molar refractivity (Wildman–Crippen MR) is 83.7 cm³/mol. The molecule has 0 N–H and O–H groups in total. The van der Waals surface area contributed by atoms with Crippen molar-refractivity contribution in [3.05, 3.63) is 40.5 Å². The average molecular weight is 302 g/mol. The Morgan fingerprint density at radius 3 is 3.05 bits per heavy atom. The smallest absolute Gasteiger partial charge is 0.266 e. The van der Waals surface area contributed by atoms with Gasteiger partial charge in [0.25, 0.3) is 5.91 Å². The second-order valence-corrected chi connectivity index (χ2v) is 6.25. The van der Waals surface area contributed by atoms with Gasteiger partial charge >= 0.3 is 0 Å². The van der Waals surface area contributed by atoms with Gasteiger partial charge < -0.3 is 9.80 Å². The van der Waals surface area contributed by atoms with Crippen LogP contribution in [0.25, 0.3) is 0 Å². The monoisotopic (exact) mass is 302 g/mol. The number of rotatable bonds is 3. The zero-order chi connectivity index (χ0) is 14.8. The molecule has 0 spiro atoms. The quantitative estimate of drug-likeness (QED) is 0.874. The standard InChI is InChI=1S/C15H18N4OS/c1-18(2)14-8-11(5-6-17-14)12-4-3-7-19(12)15(20)13-9-16-10-21-13/h5-6,8-10,12H,3-4,7H2,1-2H3. The number of nitrogens with zero attached hydrogens (tertiary/aromatic N) is 4. The van der Waals surface area contributed by atoms with Crippen LogP contribution in [0.4, 0.5) is 5.82 Å². The maximum absolute atomic E-state index is 12.6. The fourth-order valence-corrected chi connectivity index (χ4v) is 3.28. The van der Waals surface area contributed by atoms with Gasteiger partial charge in [-0.2, -0.15) is 0 Å². The van der Waals surface area contributed by atoms with Gasteiger partial charge in [-0.3, -0.25) is 9.78 Å². The Balaban J connectivity index is 1.87. The summed E-state index contributed by atoms with van der Waals surface area (Å²) in [6.45, 7) is 0.807. The van der Waals surface area contributed by atoms with Crippen molar-refractivity contribution in [1.82, 2.24) is 14.9 Å². The van der Waals surface area contributed by atoms with E-state index < -0.39 is 0 Å². The van der Waals surface area contributed by atoms with Crippen LogP contribution in [-0.2, 0) is 0 Å². The molecule has 6 heteroatoms. The molecule has 3 rings (SSSR count). The molecule has 5 nitrogen and oxygen atoms in total. The van der Waals surface area contributed by atoms with Gasteiger partial charge in [0.2, 0.25) is 0 Å². The first-order valence-corrected chi connectivity index (χ1v) is 7.87. The summed E-state index contributed by atoms with van der Waals surface area (Å²) >= 11 is 1.40. The highest BCUT2D eigenvalue weighted by atomic mass is 32.1. The molecule has 1 fully saturated rings. The lowest BCUT2D eigenvalue weighted by molar-refractivity contribution is 0.0740. The number of anilines is 1. The van der Waals surface area contributed by atoms with Crippen LogP contribution in [-0.4, -0.2) is 41.4 Å². The number of aromatic nitrogens is 2. The van der Waals surface area contributed by atoms with Crippen LogP contribution in [0.5, 0.6) is 0 Å². The first-order chi connectivity index (χ1) is 10.2. The zero-order valence-corrected chi connectivity index (χ0v) is 13.0. The van der Waals surface area contributed by atoms with Gasteiger partial charge in [0.05, 0.1) is 17.7 Å². The molecule has 0 radical (unpaired) electrons. The minimum atomic E-state index is 0.0863. The normalized spacial score (nSPS) is 18.0. The number of carbonyl (C=O) groups excluding carboxylic acids is 1. The van der Waals surface area contributed by atoms with Crippen molar-refractivity contribution in [2.24, 2.45) is 0 Å². The molecule has 0 aromatic carbocycles. The molecule has 0 aliphatic carbocycles. The summed E-state index contributed by atoms with van der Waals surface area (Å²) in [5.41, 5.74) is 2.86. The number of hydrogen-bond donors (Lipinski definition) is 0. The Morgan fingerprint density at radius 1 is 1.48 bits per heavy atom. The first-order valence-electron chi connectivity index (χ1n) is 6.99. The Bertz CT molecular complexity index is 626. The maximum atomic E-state index is 12.6. The highest BCUT2D eigenvalue weighted by Gasteiger charge is 2.31. The van der Waals surface area contributed by atoms with Crippen molar-refractivity contribution in [3.63, 3.8) is 0 Å². The SMILES string of the molecule is CN(C)c1cc(C2CCCN2C(=O)c2cncs2)ccn1. The molecule has 1 aliphatic heterocycles. The second kappa shape index (κ2) is 5.81. The van der Waals surface area contributed by atoms with Crippen molar-refractivity contribution in [2.75, 3.05) is 25.5 Å². The molecule has 1 unspecified atom stereocenters. The first kappa shape index (κ1) is 14.0. The molecule has 2 aromatic rings. The van der Waals surface area contributed by atoms with Crippen LogP contribution in [0.15, 0.2) is 30.0 Å². The van der Waals surface area contributed by atoms with E-state index in [1.54, 1.807) is 11.7 Å². The minimum Gasteiger partial charge on any atom is -0.363 e. The molecular formula is C15H18N4OS. The lowest BCUT2D eigenvalue weighted by Gasteiger charge is -2.25. The van der Waals surface area contributed by atoms with Gasteiger partial charge in [-0.15, -0.1) is 11.3 Å². The van der Waals surface area contributed by atoms with Crippen LogP contribution in [0.3, 0.4) is 0 Å². The van der Waals surface area contributed by atoms with Crippen LogP contribution >= 0.6 is 11.3 Å². The van der Waals surface area contributed by atoms with E-state index in [0.717, 1.165) is 30.8 Å². The molecule has 21 heavy (non-hydrogen) atoms. The van der Waals surface area contributed by atoms with E-state index in [2.05, 4.69) is 16.0 Å². The van der Waals surface area contributed by atoms with E-state index in [4.69, 9.17) is 0 Å². The molecule has 3 heterocycles. The van der Waals surface area contributed by atoms with Gasteiger partial charge in [0.15, 0.2) is 0 Å². The van der Waals surface area contributed by atoms with Crippen LogP contribution < -0.4 is 4.90 Å². The summed E-state index contributed by atoms with van der Waals surface area (Å²) in [6.07, 6.45) is 5.51. The Morgan fingerprint density at radius 2 is 2.33 bits per heavy atom. The Labute approximate surface area is 128 Å². The van der Waals surface area contributed by atoms with Gasteiger partial charge in [-0.05, 0) is 30.5 Å². The number of amides is 1. The van der Waals surface area contributed by atoms with Gasteiger partial charge in [-0.1, -0.05) is 0 Å². The second-order valence-electron chi connectivity index (χ2n) is 5.36.